The number of hydrogen-bond donors (Lipinski definition) is 2. The molecule has 0 spiro atoms. The van der Waals surface area contributed by atoms with Crippen molar-refractivity contribution >= 4 is 34.8 Å². The van der Waals surface area contributed by atoms with Crippen molar-refractivity contribution < 1.29 is 23.8 Å². The Kier molecular flexibility index (Phi) is 5.72. The van der Waals surface area contributed by atoms with Gasteiger partial charge in [-0.2, -0.15) is 0 Å². The quantitative estimate of drug-likeness (QED) is 0.577. The summed E-state index contributed by atoms with van der Waals surface area (Å²) in [4.78, 5) is 37.7. The lowest BCUT2D eigenvalue weighted by molar-refractivity contribution is -0.895. The van der Waals surface area contributed by atoms with Crippen LogP contribution in [0.1, 0.15) is 10.6 Å². The molecular weight excluding hydrogens is 376 g/mol. The Labute approximate surface area is 159 Å². The number of furan rings is 1. The van der Waals surface area contributed by atoms with Crippen LogP contribution in [0.2, 0.25) is 5.02 Å². The van der Waals surface area contributed by atoms with Crippen LogP contribution in [0.5, 0.6) is 0 Å². The number of nitro groups is 1. The highest BCUT2D eigenvalue weighted by molar-refractivity contribution is 6.31. The molecule has 1 aromatic carbocycles. The van der Waals surface area contributed by atoms with E-state index in [9.17, 15) is 19.7 Å². The predicted octanol–water partition coefficient (Wildman–Crippen LogP) is 0.821. The number of quaternary nitrogens is 1. The van der Waals surface area contributed by atoms with E-state index < -0.39 is 4.92 Å². The number of anilines is 1. The van der Waals surface area contributed by atoms with Crippen molar-refractivity contribution in [3.63, 3.8) is 0 Å². The lowest BCUT2D eigenvalue weighted by atomic mass is 10.2. The largest absolute Gasteiger partial charge is 0.459 e. The van der Waals surface area contributed by atoms with E-state index in [2.05, 4.69) is 5.32 Å². The molecule has 0 saturated carbocycles. The number of halogens is 1. The van der Waals surface area contributed by atoms with Gasteiger partial charge in [0.25, 0.3) is 17.5 Å². The van der Waals surface area contributed by atoms with E-state index in [-0.39, 0.29) is 34.8 Å². The number of amides is 2. The summed E-state index contributed by atoms with van der Waals surface area (Å²) < 4.78 is 5.12. The molecule has 0 unspecified atom stereocenters. The second-order valence-corrected chi connectivity index (χ2v) is 6.60. The van der Waals surface area contributed by atoms with Crippen LogP contribution in [-0.4, -0.2) is 54.4 Å². The van der Waals surface area contributed by atoms with E-state index in [1.807, 2.05) is 0 Å². The molecule has 0 bridgehead atoms. The molecule has 2 N–H and O–H groups in total. The van der Waals surface area contributed by atoms with E-state index >= 15 is 0 Å². The Morgan fingerprint density at radius 3 is 2.67 bits per heavy atom. The Bertz CT molecular complexity index is 847. The van der Waals surface area contributed by atoms with Gasteiger partial charge in [-0.05, 0) is 24.3 Å². The summed E-state index contributed by atoms with van der Waals surface area (Å²) in [6.45, 7) is 2.36. The highest BCUT2D eigenvalue weighted by Crippen LogP contribution is 2.27. The minimum absolute atomic E-state index is 0.112. The predicted molar refractivity (Wildman–Crippen MR) is 96.9 cm³/mol. The summed E-state index contributed by atoms with van der Waals surface area (Å²) in [7, 11) is 0. The SMILES string of the molecule is O=C(C[NH+]1CCN(C(=O)c2ccco2)CC1)Nc1ccc(Cl)cc1[N+](=O)[O-]. The average Bonchev–Trinajstić information content (AvgIpc) is 3.18. The van der Waals surface area contributed by atoms with E-state index in [0.29, 0.717) is 31.9 Å². The maximum Gasteiger partial charge on any atom is 0.294 e. The fourth-order valence-electron chi connectivity index (χ4n) is 2.94. The third-order valence-electron chi connectivity index (χ3n) is 4.33. The molecular formula is C17H18ClN4O5+. The van der Waals surface area contributed by atoms with Crippen LogP contribution in [0.3, 0.4) is 0 Å². The number of nitrogens with one attached hydrogen (secondary N) is 2. The second kappa shape index (κ2) is 8.19. The van der Waals surface area contributed by atoms with Crippen LogP contribution in [0.15, 0.2) is 41.0 Å². The number of benzene rings is 1. The van der Waals surface area contributed by atoms with Crippen LogP contribution in [0.25, 0.3) is 0 Å². The zero-order chi connectivity index (χ0) is 19.4. The van der Waals surface area contributed by atoms with Crippen molar-refractivity contribution in [1.29, 1.82) is 0 Å². The van der Waals surface area contributed by atoms with E-state index in [1.165, 1.54) is 24.5 Å². The first-order valence-corrected chi connectivity index (χ1v) is 8.72. The molecule has 142 valence electrons. The fourth-order valence-corrected chi connectivity index (χ4v) is 3.11. The normalized spacial score (nSPS) is 14.8. The molecule has 0 atom stereocenters. The maximum atomic E-state index is 12.3. The summed E-state index contributed by atoms with van der Waals surface area (Å²) in [5.74, 6) is -0.201. The number of nitrogens with zero attached hydrogens (tertiary/aromatic N) is 2. The average molecular weight is 394 g/mol. The molecule has 27 heavy (non-hydrogen) atoms. The lowest BCUT2D eigenvalue weighted by Crippen LogP contribution is -3.15. The molecule has 1 saturated heterocycles. The van der Waals surface area contributed by atoms with E-state index in [0.717, 1.165) is 4.90 Å². The van der Waals surface area contributed by atoms with Gasteiger partial charge in [0.15, 0.2) is 12.3 Å². The number of rotatable bonds is 5. The van der Waals surface area contributed by atoms with Crippen molar-refractivity contribution in [2.45, 2.75) is 0 Å². The number of carbonyl (C=O) groups excluding carboxylic acids is 2. The molecule has 0 aliphatic carbocycles. The molecule has 0 radical (unpaired) electrons. The molecule has 9 nitrogen and oxygen atoms in total. The zero-order valence-electron chi connectivity index (χ0n) is 14.3. The lowest BCUT2D eigenvalue weighted by Gasteiger charge is -2.31. The topological polar surface area (TPSA) is 110 Å². The maximum absolute atomic E-state index is 12.3. The number of carbonyl (C=O) groups is 2. The number of hydrogen-bond acceptors (Lipinski definition) is 5. The van der Waals surface area contributed by atoms with Crippen LogP contribution in [-0.2, 0) is 4.79 Å². The Morgan fingerprint density at radius 2 is 2.04 bits per heavy atom. The monoisotopic (exact) mass is 393 g/mol. The Morgan fingerprint density at radius 1 is 1.30 bits per heavy atom. The fraction of sp³-hybridized carbons (Fsp3) is 0.294. The van der Waals surface area contributed by atoms with Crippen molar-refractivity contribution in [1.82, 2.24) is 4.90 Å². The third kappa shape index (κ3) is 4.63. The van der Waals surface area contributed by atoms with Gasteiger partial charge in [-0.15, -0.1) is 0 Å². The molecule has 2 amide bonds. The van der Waals surface area contributed by atoms with Crippen LogP contribution in [0.4, 0.5) is 11.4 Å². The van der Waals surface area contributed by atoms with Gasteiger partial charge in [-0.1, -0.05) is 11.6 Å². The molecule has 2 heterocycles. The second-order valence-electron chi connectivity index (χ2n) is 6.16. The molecule has 3 rings (SSSR count). The minimum Gasteiger partial charge on any atom is -0.459 e. The van der Waals surface area contributed by atoms with Gasteiger partial charge in [0.2, 0.25) is 0 Å². The first-order chi connectivity index (χ1) is 12.9. The molecule has 1 aliphatic heterocycles. The molecule has 1 aromatic heterocycles. The van der Waals surface area contributed by atoms with Crippen molar-refractivity contribution in [2.24, 2.45) is 0 Å². The van der Waals surface area contributed by atoms with Gasteiger partial charge in [-0.3, -0.25) is 19.7 Å². The Balaban J connectivity index is 1.53. The molecule has 1 fully saturated rings. The van der Waals surface area contributed by atoms with Crippen molar-refractivity contribution in [3.05, 3.63) is 57.5 Å². The van der Waals surface area contributed by atoms with Crippen molar-refractivity contribution in [3.8, 4) is 0 Å². The number of piperazine rings is 1. The highest BCUT2D eigenvalue weighted by Gasteiger charge is 2.27. The molecule has 10 heteroatoms. The highest BCUT2D eigenvalue weighted by atomic mass is 35.5. The van der Waals surface area contributed by atoms with Gasteiger partial charge in [-0.25, -0.2) is 0 Å². The van der Waals surface area contributed by atoms with E-state index in [4.69, 9.17) is 16.0 Å². The molecule has 2 aromatic rings. The van der Waals surface area contributed by atoms with Crippen LogP contribution >= 0.6 is 11.6 Å². The minimum atomic E-state index is -0.590. The summed E-state index contributed by atoms with van der Waals surface area (Å²) in [6.07, 6.45) is 1.45. The standard InChI is InChI=1S/C17H17ClN4O5/c18-12-3-4-13(14(10-12)22(25)26)19-16(23)11-20-5-7-21(8-6-20)17(24)15-2-1-9-27-15/h1-4,9-10H,5-8,11H2,(H,19,23)/p+1. The molecule has 1 aliphatic rings. The van der Waals surface area contributed by atoms with Gasteiger partial charge < -0.3 is 19.5 Å². The summed E-state index contributed by atoms with van der Waals surface area (Å²) in [5.41, 5.74) is -0.139. The Hall–Kier alpha value is -2.91. The van der Waals surface area contributed by atoms with Crippen molar-refractivity contribution in [2.75, 3.05) is 38.0 Å². The summed E-state index contributed by atoms with van der Waals surface area (Å²) >= 11 is 5.77. The first kappa shape index (κ1) is 18.9. The van der Waals surface area contributed by atoms with Crippen LogP contribution in [0, 0.1) is 10.1 Å². The van der Waals surface area contributed by atoms with Crippen LogP contribution < -0.4 is 10.2 Å². The first-order valence-electron chi connectivity index (χ1n) is 8.34. The van der Waals surface area contributed by atoms with Gasteiger partial charge in [0.1, 0.15) is 5.69 Å². The summed E-state index contributed by atoms with van der Waals surface area (Å²) in [6, 6.07) is 7.37. The van der Waals surface area contributed by atoms with Gasteiger partial charge >= 0.3 is 0 Å². The smallest absolute Gasteiger partial charge is 0.294 e. The zero-order valence-corrected chi connectivity index (χ0v) is 15.1. The van der Waals surface area contributed by atoms with Gasteiger partial charge in [0, 0.05) is 11.1 Å². The third-order valence-corrected chi connectivity index (χ3v) is 4.57. The van der Waals surface area contributed by atoms with E-state index in [1.54, 1.807) is 17.0 Å². The summed E-state index contributed by atoms with van der Waals surface area (Å²) in [5, 5.41) is 13.9. The number of nitro benzene ring substituents is 1. The van der Waals surface area contributed by atoms with Gasteiger partial charge in [0.05, 0.1) is 37.4 Å².